The maximum Gasteiger partial charge on any atom is 0.269 e. The summed E-state index contributed by atoms with van der Waals surface area (Å²) in [6.07, 6.45) is 0. The number of halogens is 1. The minimum absolute atomic E-state index is 0.0955. The van der Waals surface area contributed by atoms with Gasteiger partial charge in [0.2, 0.25) is 0 Å². The first-order valence-electron chi connectivity index (χ1n) is 3.73. The van der Waals surface area contributed by atoms with Crippen LogP contribution in [0.1, 0.15) is 0 Å². The normalized spacial score (nSPS) is 11.0. The molecule has 0 saturated heterocycles. The van der Waals surface area contributed by atoms with Crippen molar-refractivity contribution in [3.05, 3.63) is 21.4 Å². The molecule has 1 aromatic heterocycles. The van der Waals surface area contributed by atoms with E-state index in [1.165, 1.54) is 10.0 Å². The first-order chi connectivity index (χ1) is 6.52. The Morgan fingerprint density at radius 3 is 2.79 bits per heavy atom. The van der Waals surface area contributed by atoms with Crippen molar-refractivity contribution in [2.45, 2.75) is 0 Å². The van der Waals surface area contributed by atoms with E-state index in [1.807, 2.05) is 0 Å². The minimum atomic E-state index is -0.449. The van der Waals surface area contributed by atoms with Crippen molar-refractivity contribution in [3.63, 3.8) is 0 Å². The van der Waals surface area contributed by atoms with Gasteiger partial charge in [0, 0.05) is 13.1 Å². The molecule has 0 atom stereocenters. The summed E-state index contributed by atoms with van der Waals surface area (Å²) in [5.41, 5.74) is -0.273. The van der Waals surface area contributed by atoms with Crippen LogP contribution >= 0.6 is 23.1 Å². The van der Waals surface area contributed by atoms with Gasteiger partial charge in [-0.25, -0.2) is 0 Å². The quantitative estimate of drug-likeness (QED) is 0.678. The molecule has 0 amide bonds. The van der Waals surface area contributed by atoms with Crippen molar-refractivity contribution >= 4 is 33.2 Å². The number of aromatic hydroxyl groups is 2. The van der Waals surface area contributed by atoms with Crippen LogP contribution in [-0.4, -0.2) is 14.2 Å². The average molecular weight is 232 g/mol. The van der Waals surface area contributed by atoms with Gasteiger partial charge in [-0.2, -0.15) is 0 Å². The van der Waals surface area contributed by atoms with Gasteiger partial charge in [-0.1, -0.05) is 23.1 Å². The fourth-order valence-electron chi connectivity index (χ4n) is 1.22. The van der Waals surface area contributed by atoms with Gasteiger partial charge in [-0.15, -0.1) is 0 Å². The fourth-order valence-corrected chi connectivity index (χ4v) is 2.47. The highest BCUT2D eigenvalue weighted by Gasteiger charge is 2.15. The van der Waals surface area contributed by atoms with E-state index in [1.54, 1.807) is 7.05 Å². The molecule has 1 aromatic carbocycles. The third kappa shape index (κ3) is 1.09. The second kappa shape index (κ2) is 2.90. The second-order valence-electron chi connectivity index (χ2n) is 2.83. The van der Waals surface area contributed by atoms with Gasteiger partial charge < -0.3 is 10.2 Å². The topological polar surface area (TPSA) is 62.5 Å². The zero-order chi connectivity index (χ0) is 10.5. The van der Waals surface area contributed by atoms with E-state index in [9.17, 15) is 15.0 Å². The molecule has 0 radical (unpaired) electrons. The van der Waals surface area contributed by atoms with E-state index in [4.69, 9.17) is 11.6 Å². The van der Waals surface area contributed by atoms with Crippen LogP contribution < -0.4 is 5.56 Å². The molecule has 0 aliphatic carbocycles. The van der Waals surface area contributed by atoms with Crippen LogP contribution in [0.3, 0.4) is 0 Å². The first-order valence-corrected chi connectivity index (χ1v) is 4.88. The Balaban J connectivity index is 3.07. The van der Waals surface area contributed by atoms with Crippen molar-refractivity contribution in [1.29, 1.82) is 0 Å². The predicted molar refractivity (Wildman–Crippen MR) is 55.4 cm³/mol. The number of hydrogen-bond acceptors (Lipinski definition) is 4. The van der Waals surface area contributed by atoms with Crippen LogP contribution in [0.5, 0.6) is 11.5 Å². The van der Waals surface area contributed by atoms with Crippen LogP contribution in [0.15, 0.2) is 10.9 Å². The lowest BCUT2D eigenvalue weighted by atomic mass is 10.2. The SMILES string of the molecule is Cn1sc2cc(O)c(O)c(Cl)c2c1=O. The molecule has 0 aliphatic heterocycles. The van der Waals surface area contributed by atoms with E-state index in [2.05, 4.69) is 0 Å². The Hall–Kier alpha value is -1.20. The molecule has 74 valence electrons. The summed E-state index contributed by atoms with van der Waals surface area (Å²) >= 11 is 6.90. The molecule has 0 spiro atoms. The molecule has 0 unspecified atom stereocenters. The minimum Gasteiger partial charge on any atom is -0.504 e. The molecular weight excluding hydrogens is 226 g/mol. The monoisotopic (exact) mass is 231 g/mol. The first kappa shape index (κ1) is 9.36. The van der Waals surface area contributed by atoms with E-state index in [-0.39, 0.29) is 21.7 Å². The molecule has 2 N–H and O–H groups in total. The molecule has 2 aromatic rings. The standard InChI is InChI=1S/C8H6ClNO3S/c1-10-8(13)5-4(14-10)2-3(11)7(12)6(5)9/h2,11-12H,1H3. The highest BCUT2D eigenvalue weighted by molar-refractivity contribution is 7.14. The molecule has 0 fully saturated rings. The zero-order valence-electron chi connectivity index (χ0n) is 7.11. The molecule has 4 nitrogen and oxygen atoms in total. The zero-order valence-corrected chi connectivity index (χ0v) is 8.69. The van der Waals surface area contributed by atoms with E-state index in [0.717, 1.165) is 11.5 Å². The Kier molecular flexibility index (Phi) is 1.94. The number of hydrogen-bond donors (Lipinski definition) is 2. The third-order valence-electron chi connectivity index (χ3n) is 1.92. The van der Waals surface area contributed by atoms with Crippen molar-refractivity contribution in [2.75, 3.05) is 0 Å². The summed E-state index contributed by atoms with van der Waals surface area (Å²) < 4.78 is 1.94. The van der Waals surface area contributed by atoms with Gasteiger partial charge in [0.25, 0.3) is 5.56 Å². The summed E-state index contributed by atoms with van der Waals surface area (Å²) in [7, 11) is 1.59. The van der Waals surface area contributed by atoms with Crippen LogP contribution in [0.4, 0.5) is 0 Å². The summed E-state index contributed by atoms with van der Waals surface area (Å²) in [6.45, 7) is 0. The summed E-state index contributed by atoms with van der Waals surface area (Å²) in [5.74, 6) is -0.765. The fraction of sp³-hybridized carbons (Fsp3) is 0.125. The number of aromatic nitrogens is 1. The smallest absolute Gasteiger partial charge is 0.269 e. The number of phenolic OH excluding ortho intramolecular Hbond substituents is 2. The number of benzene rings is 1. The number of fused-ring (bicyclic) bond motifs is 1. The lowest BCUT2D eigenvalue weighted by molar-refractivity contribution is 0.405. The summed E-state index contributed by atoms with van der Waals surface area (Å²) in [5, 5.41) is 18.7. The third-order valence-corrected chi connectivity index (χ3v) is 3.25. The number of nitrogens with zero attached hydrogens (tertiary/aromatic N) is 1. The lowest BCUT2D eigenvalue weighted by Crippen LogP contribution is -2.07. The molecule has 14 heavy (non-hydrogen) atoms. The van der Waals surface area contributed by atoms with Gasteiger partial charge in [-0.05, 0) is 0 Å². The van der Waals surface area contributed by atoms with Crippen LogP contribution in [-0.2, 0) is 7.05 Å². The lowest BCUT2D eigenvalue weighted by Gasteiger charge is -1.99. The molecule has 0 bridgehead atoms. The van der Waals surface area contributed by atoms with Gasteiger partial charge in [0.15, 0.2) is 11.5 Å². The second-order valence-corrected chi connectivity index (χ2v) is 4.37. The van der Waals surface area contributed by atoms with E-state index < -0.39 is 5.75 Å². The largest absolute Gasteiger partial charge is 0.504 e. The Bertz CT molecular complexity index is 572. The molecule has 2 rings (SSSR count). The maximum absolute atomic E-state index is 11.5. The number of rotatable bonds is 0. The highest BCUT2D eigenvalue weighted by atomic mass is 35.5. The molecule has 0 aliphatic rings. The van der Waals surface area contributed by atoms with Crippen molar-refractivity contribution in [1.82, 2.24) is 3.96 Å². The molecule has 1 heterocycles. The van der Waals surface area contributed by atoms with E-state index >= 15 is 0 Å². The molecule has 0 saturated carbocycles. The van der Waals surface area contributed by atoms with Gasteiger partial charge >= 0.3 is 0 Å². The summed E-state index contributed by atoms with van der Waals surface area (Å²) in [6, 6.07) is 1.32. The van der Waals surface area contributed by atoms with Gasteiger partial charge in [0.1, 0.15) is 5.02 Å². The van der Waals surface area contributed by atoms with Crippen LogP contribution in [0, 0.1) is 0 Å². The van der Waals surface area contributed by atoms with Gasteiger partial charge in [-0.3, -0.25) is 8.75 Å². The van der Waals surface area contributed by atoms with Crippen LogP contribution in [0.2, 0.25) is 5.02 Å². The number of aryl methyl sites for hydroxylation is 1. The van der Waals surface area contributed by atoms with E-state index in [0.29, 0.717) is 4.70 Å². The maximum atomic E-state index is 11.5. The van der Waals surface area contributed by atoms with Crippen molar-refractivity contribution in [3.8, 4) is 11.5 Å². The van der Waals surface area contributed by atoms with Crippen molar-refractivity contribution in [2.24, 2.45) is 7.05 Å². The van der Waals surface area contributed by atoms with Gasteiger partial charge in [0.05, 0.1) is 10.1 Å². The Labute approximate surface area is 87.7 Å². The number of phenols is 2. The Morgan fingerprint density at radius 2 is 2.14 bits per heavy atom. The average Bonchev–Trinajstić information content (AvgIpc) is 2.39. The predicted octanol–water partition coefficient (Wildman–Crippen LogP) is 1.66. The van der Waals surface area contributed by atoms with Crippen LogP contribution in [0.25, 0.3) is 10.1 Å². The Morgan fingerprint density at radius 1 is 1.50 bits per heavy atom. The highest BCUT2D eigenvalue weighted by Crippen LogP contribution is 2.39. The molecular formula is C8H6ClNO3S. The van der Waals surface area contributed by atoms with Crippen molar-refractivity contribution < 1.29 is 10.2 Å². The summed E-state index contributed by atoms with van der Waals surface area (Å²) in [4.78, 5) is 11.5. The molecule has 6 heteroatoms.